The smallest absolute Gasteiger partial charge is 0.292 e. The first-order valence-corrected chi connectivity index (χ1v) is 4.07. The molecule has 0 aliphatic heterocycles. The van der Waals surface area contributed by atoms with E-state index in [0.29, 0.717) is 16.3 Å². The molecular weight excluding hydrogens is 192 g/mol. The van der Waals surface area contributed by atoms with Crippen LogP contribution in [0.25, 0.3) is 0 Å². The van der Waals surface area contributed by atoms with E-state index >= 15 is 0 Å². The SMILES string of the molecule is CNc1c([N+](=O)[O-])ccc(Cl)c1C. The molecule has 0 saturated heterocycles. The molecule has 0 aliphatic carbocycles. The lowest BCUT2D eigenvalue weighted by Gasteiger charge is -2.06. The summed E-state index contributed by atoms with van der Waals surface area (Å²) in [4.78, 5) is 10.1. The number of nitrogens with zero attached hydrogens (tertiary/aromatic N) is 1. The van der Waals surface area contributed by atoms with Gasteiger partial charge in [0.15, 0.2) is 0 Å². The van der Waals surface area contributed by atoms with Crippen LogP contribution in [0.3, 0.4) is 0 Å². The number of nitro groups is 1. The van der Waals surface area contributed by atoms with Gasteiger partial charge in [-0.05, 0) is 18.6 Å². The molecule has 13 heavy (non-hydrogen) atoms. The molecule has 0 saturated carbocycles. The molecule has 5 heteroatoms. The fraction of sp³-hybridized carbons (Fsp3) is 0.250. The summed E-state index contributed by atoms with van der Waals surface area (Å²) in [5, 5.41) is 13.8. The van der Waals surface area contributed by atoms with Crippen molar-refractivity contribution in [2.45, 2.75) is 6.92 Å². The summed E-state index contributed by atoms with van der Waals surface area (Å²) in [6.45, 7) is 1.74. The maximum absolute atomic E-state index is 10.6. The Morgan fingerprint density at radius 3 is 2.62 bits per heavy atom. The van der Waals surface area contributed by atoms with E-state index in [2.05, 4.69) is 5.32 Å². The van der Waals surface area contributed by atoms with Gasteiger partial charge in [-0.15, -0.1) is 0 Å². The van der Waals surface area contributed by atoms with Crippen molar-refractivity contribution in [2.24, 2.45) is 0 Å². The molecule has 4 nitrogen and oxygen atoms in total. The molecule has 0 atom stereocenters. The number of halogens is 1. The van der Waals surface area contributed by atoms with Crippen molar-refractivity contribution in [3.05, 3.63) is 32.8 Å². The fourth-order valence-corrected chi connectivity index (χ4v) is 1.30. The summed E-state index contributed by atoms with van der Waals surface area (Å²) in [7, 11) is 1.63. The lowest BCUT2D eigenvalue weighted by atomic mass is 10.1. The summed E-state index contributed by atoms with van der Waals surface area (Å²) in [6, 6.07) is 2.91. The van der Waals surface area contributed by atoms with Gasteiger partial charge in [-0.3, -0.25) is 10.1 Å². The third kappa shape index (κ3) is 1.72. The molecule has 0 aromatic heterocycles. The first-order valence-electron chi connectivity index (χ1n) is 3.69. The number of nitro benzene ring substituents is 1. The Morgan fingerprint density at radius 2 is 2.15 bits per heavy atom. The molecule has 1 aromatic carbocycles. The summed E-state index contributed by atoms with van der Waals surface area (Å²) >= 11 is 5.81. The highest BCUT2D eigenvalue weighted by molar-refractivity contribution is 6.31. The summed E-state index contributed by atoms with van der Waals surface area (Å²) < 4.78 is 0. The zero-order valence-corrected chi connectivity index (χ0v) is 8.05. The molecule has 0 spiro atoms. The van der Waals surface area contributed by atoms with Gasteiger partial charge in [0.05, 0.1) is 4.92 Å². The van der Waals surface area contributed by atoms with Crippen molar-refractivity contribution in [3.63, 3.8) is 0 Å². The topological polar surface area (TPSA) is 55.2 Å². The van der Waals surface area contributed by atoms with Gasteiger partial charge in [0, 0.05) is 18.1 Å². The third-order valence-electron chi connectivity index (χ3n) is 1.82. The van der Waals surface area contributed by atoms with Gasteiger partial charge in [-0.25, -0.2) is 0 Å². The van der Waals surface area contributed by atoms with E-state index in [1.807, 2.05) is 0 Å². The molecule has 0 amide bonds. The number of rotatable bonds is 2. The van der Waals surface area contributed by atoms with Crippen LogP contribution in [-0.4, -0.2) is 12.0 Å². The Morgan fingerprint density at radius 1 is 1.54 bits per heavy atom. The van der Waals surface area contributed by atoms with Crippen LogP contribution in [0.15, 0.2) is 12.1 Å². The van der Waals surface area contributed by atoms with E-state index in [-0.39, 0.29) is 5.69 Å². The fourth-order valence-electron chi connectivity index (χ4n) is 1.14. The van der Waals surface area contributed by atoms with Crippen molar-refractivity contribution in [3.8, 4) is 0 Å². The van der Waals surface area contributed by atoms with Gasteiger partial charge in [-0.1, -0.05) is 11.6 Å². The molecule has 70 valence electrons. The highest BCUT2D eigenvalue weighted by Crippen LogP contribution is 2.32. The molecular formula is C8H9ClN2O2. The minimum atomic E-state index is -0.435. The Balaban J connectivity index is 3.38. The van der Waals surface area contributed by atoms with Gasteiger partial charge in [-0.2, -0.15) is 0 Å². The number of hydrogen-bond donors (Lipinski definition) is 1. The van der Waals surface area contributed by atoms with E-state index in [4.69, 9.17) is 11.6 Å². The van der Waals surface area contributed by atoms with Crippen LogP contribution >= 0.6 is 11.6 Å². The van der Waals surface area contributed by atoms with Gasteiger partial charge in [0.2, 0.25) is 0 Å². The maximum Gasteiger partial charge on any atom is 0.292 e. The Kier molecular flexibility index (Phi) is 2.72. The van der Waals surface area contributed by atoms with E-state index in [0.717, 1.165) is 0 Å². The monoisotopic (exact) mass is 200 g/mol. The van der Waals surface area contributed by atoms with E-state index in [1.54, 1.807) is 14.0 Å². The Hall–Kier alpha value is -1.29. The second-order valence-electron chi connectivity index (χ2n) is 2.57. The number of benzene rings is 1. The van der Waals surface area contributed by atoms with Crippen LogP contribution in [0.2, 0.25) is 5.02 Å². The highest BCUT2D eigenvalue weighted by Gasteiger charge is 2.15. The van der Waals surface area contributed by atoms with Crippen LogP contribution < -0.4 is 5.32 Å². The van der Waals surface area contributed by atoms with Crippen molar-refractivity contribution in [1.29, 1.82) is 0 Å². The summed E-state index contributed by atoms with van der Waals surface area (Å²) in [5.41, 5.74) is 1.21. The summed E-state index contributed by atoms with van der Waals surface area (Å²) in [5.74, 6) is 0. The average molecular weight is 201 g/mol. The van der Waals surface area contributed by atoms with Crippen LogP contribution in [0, 0.1) is 17.0 Å². The molecule has 1 rings (SSSR count). The van der Waals surface area contributed by atoms with Crippen LogP contribution in [0.5, 0.6) is 0 Å². The third-order valence-corrected chi connectivity index (χ3v) is 2.23. The van der Waals surface area contributed by atoms with Crippen molar-refractivity contribution in [1.82, 2.24) is 0 Å². The van der Waals surface area contributed by atoms with Crippen molar-refractivity contribution >= 4 is 23.0 Å². The summed E-state index contributed by atoms with van der Waals surface area (Å²) in [6.07, 6.45) is 0. The van der Waals surface area contributed by atoms with Crippen LogP contribution in [0.4, 0.5) is 11.4 Å². The largest absolute Gasteiger partial charge is 0.382 e. The first kappa shape index (κ1) is 9.80. The number of anilines is 1. The molecule has 1 N–H and O–H groups in total. The van der Waals surface area contributed by atoms with Gasteiger partial charge >= 0.3 is 0 Å². The molecule has 0 aliphatic rings. The van der Waals surface area contributed by atoms with E-state index < -0.39 is 4.92 Å². The molecule has 0 radical (unpaired) electrons. The second kappa shape index (κ2) is 3.62. The lowest BCUT2D eigenvalue weighted by molar-refractivity contribution is -0.384. The molecule has 0 bridgehead atoms. The van der Waals surface area contributed by atoms with E-state index in [9.17, 15) is 10.1 Å². The zero-order valence-electron chi connectivity index (χ0n) is 7.30. The Bertz CT molecular complexity index is 352. The quantitative estimate of drug-likeness (QED) is 0.590. The lowest BCUT2D eigenvalue weighted by Crippen LogP contribution is -1.98. The molecule has 1 aromatic rings. The highest BCUT2D eigenvalue weighted by atomic mass is 35.5. The molecule has 0 unspecified atom stereocenters. The predicted octanol–water partition coefficient (Wildman–Crippen LogP) is 2.60. The standard InChI is InChI=1S/C8H9ClN2O2/c1-5-6(9)3-4-7(11(12)13)8(5)10-2/h3-4,10H,1-2H3. The normalized spacial score (nSPS) is 9.77. The second-order valence-corrected chi connectivity index (χ2v) is 2.98. The molecule has 0 heterocycles. The molecule has 0 fully saturated rings. The number of hydrogen-bond acceptors (Lipinski definition) is 3. The minimum absolute atomic E-state index is 0.0457. The zero-order chi connectivity index (χ0) is 10.0. The van der Waals surface area contributed by atoms with Crippen molar-refractivity contribution in [2.75, 3.05) is 12.4 Å². The maximum atomic E-state index is 10.6. The Labute approximate surface area is 80.7 Å². The van der Waals surface area contributed by atoms with Crippen LogP contribution in [0.1, 0.15) is 5.56 Å². The van der Waals surface area contributed by atoms with Crippen LogP contribution in [-0.2, 0) is 0 Å². The van der Waals surface area contributed by atoms with E-state index in [1.165, 1.54) is 12.1 Å². The number of nitrogens with one attached hydrogen (secondary N) is 1. The minimum Gasteiger partial charge on any atom is -0.382 e. The van der Waals surface area contributed by atoms with Gasteiger partial charge in [0.1, 0.15) is 5.69 Å². The average Bonchev–Trinajstić information content (AvgIpc) is 2.09. The van der Waals surface area contributed by atoms with Crippen molar-refractivity contribution < 1.29 is 4.92 Å². The predicted molar refractivity (Wildman–Crippen MR) is 52.4 cm³/mol. The van der Waals surface area contributed by atoms with Gasteiger partial charge in [0.25, 0.3) is 5.69 Å². The van der Waals surface area contributed by atoms with Gasteiger partial charge < -0.3 is 5.32 Å². The first-order chi connectivity index (χ1) is 6.07.